The van der Waals surface area contributed by atoms with Gasteiger partial charge in [0.2, 0.25) is 21.8 Å². The molecule has 0 unspecified atom stereocenters. The fraction of sp³-hybridized carbons (Fsp3) is 0.480. The number of hydrogen-bond donors (Lipinski definition) is 1. The predicted octanol–water partition coefficient (Wildman–Crippen LogP) is 2.74. The molecule has 1 amide bonds. The number of carbonyl (C=O) groups is 1. The van der Waals surface area contributed by atoms with Crippen LogP contribution in [0, 0.1) is 19.8 Å². The molecule has 1 aromatic carbocycles. The van der Waals surface area contributed by atoms with E-state index in [2.05, 4.69) is 15.4 Å². The number of pyridine rings is 1. The standard InChI is InChI=1S/C25H33N5O4S/c1-17-21(18(2)27-24-23(17)25(34-4)28-29(24)3)10-11-22(31)26-16-19-12-14-30(15-13-19)35(32,33)20-8-6-5-7-9-20/h5-9,19H,10-16H2,1-4H3,(H,26,31). The molecule has 2 aromatic heterocycles. The minimum Gasteiger partial charge on any atom is -0.479 e. The van der Waals surface area contributed by atoms with Gasteiger partial charge in [-0.2, -0.15) is 4.31 Å². The number of hydrogen-bond acceptors (Lipinski definition) is 6. The average Bonchev–Trinajstić information content (AvgIpc) is 3.18. The van der Waals surface area contributed by atoms with Crippen molar-refractivity contribution in [1.82, 2.24) is 24.4 Å². The van der Waals surface area contributed by atoms with Crippen LogP contribution in [0.2, 0.25) is 0 Å². The van der Waals surface area contributed by atoms with Crippen LogP contribution in [0.15, 0.2) is 35.2 Å². The maximum Gasteiger partial charge on any atom is 0.243 e. The van der Waals surface area contributed by atoms with Gasteiger partial charge in [0, 0.05) is 38.8 Å². The fourth-order valence-corrected chi connectivity index (χ4v) is 6.28. The number of nitrogens with one attached hydrogen (secondary N) is 1. The Kier molecular flexibility index (Phi) is 7.42. The van der Waals surface area contributed by atoms with Crippen LogP contribution in [0.1, 0.15) is 36.1 Å². The molecule has 35 heavy (non-hydrogen) atoms. The van der Waals surface area contributed by atoms with Crippen LogP contribution in [-0.4, -0.2) is 60.1 Å². The molecule has 0 bridgehead atoms. The Hall–Kier alpha value is -2.98. The molecule has 1 fully saturated rings. The molecular weight excluding hydrogens is 466 g/mol. The smallest absolute Gasteiger partial charge is 0.243 e. The lowest BCUT2D eigenvalue weighted by molar-refractivity contribution is -0.121. The van der Waals surface area contributed by atoms with Gasteiger partial charge in [0.05, 0.1) is 17.4 Å². The second kappa shape index (κ2) is 10.3. The van der Waals surface area contributed by atoms with Crippen LogP contribution in [0.5, 0.6) is 5.88 Å². The number of nitrogens with zero attached hydrogens (tertiary/aromatic N) is 4. The van der Waals surface area contributed by atoms with Gasteiger partial charge in [-0.1, -0.05) is 18.2 Å². The van der Waals surface area contributed by atoms with Crippen molar-refractivity contribution in [2.24, 2.45) is 13.0 Å². The van der Waals surface area contributed by atoms with Crippen molar-refractivity contribution in [3.63, 3.8) is 0 Å². The number of fused-ring (bicyclic) bond motifs is 1. The highest BCUT2D eigenvalue weighted by Gasteiger charge is 2.29. The van der Waals surface area contributed by atoms with Crippen LogP contribution >= 0.6 is 0 Å². The summed E-state index contributed by atoms with van der Waals surface area (Å²) >= 11 is 0. The topological polar surface area (TPSA) is 106 Å². The number of benzene rings is 1. The van der Waals surface area contributed by atoms with E-state index in [1.807, 2.05) is 20.9 Å². The van der Waals surface area contributed by atoms with E-state index in [1.54, 1.807) is 46.4 Å². The number of rotatable bonds is 8. The first-order valence-electron chi connectivity index (χ1n) is 11.9. The van der Waals surface area contributed by atoms with E-state index < -0.39 is 10.0 Å². The molecule has 1 aliphatic rings. The van der Waals surface area contributed by atoms with Crippen molar-refractivity contribution in [2.45, 2.75) is 44.4 Å². The zero-order chi connectivity index (χ0) is 25.2. The monoisotopic (exact) mass is 499 g/mol. The van der Waals surface area contributed by atoms with Crippen molar-refractivity contribution in [2.75, 3.05) is 26.7 Å². The van der Waals surface area contributed by atoms with E-state index in [-0.39, 0.29) is 11.8 Å². The molecule has 0 radical (unpaired) electrons. The fourth-order valence-electron chi connectivity index (χ4n) is 4.79. The largest absolute Gasteiger partial charge is 0.479 e. The second-order valence-electron chi connectivity index (χ2n) is 9.10. The summed E-state index contributed by atoms with van der Waals surface area (Å²) in [5.74, 6) is 0.794. The molecule has 10 heteroatoms. The van der Waals surface area contributed by atoms with Gasteiger partial charge >= 0.3 is 0 Å². The van der Waals surface area contributed by atoms with Crippen molar-refractivity contribution in [3.05, 3.63) is 47.2 Å². The van der Waals surface area contributed by atoms with Crippen LogP contribution in [0.4, 0.5) is 0 Å². The summed E-state index contributed by atoms with van der Waals surface area (Å²) in [5.41, 5.74) is 3.74. The molecule has 188 valence electrons. The summed E-state index contributed by atoms with van der Waals surface area (Å²) < 4.78 is 34.3. The van der Waals surface area contributed by atoms with Gasteiger partial charge in [-0.05, 0) is 62.3 Å². The molecular formula is C25H33N5O4S. The second-order valence-corrected chi connectivity index (χ2v) is 11.0. The molecule has 1 N–H and O–H groups in total. The first kappa shape index (κ1) is 25.1. The van der Waals surface area contributed by atoms with Gasteiger partial charge < -0.3 is 10.1 Å². The maximum atomic E-state index is 12.8. The molecule has 0 saturated carbocycles. The van der Waals surface area contributed by atoms with Gasteiger partial charge in [0.1, 0.15) is 0 Å². The summed E-state index contributed by atoms with van der Waals surface area (Å²) in [6.07, 6.45) is 2.40. The minimum absolute atomic E-state index is 0.0126. The Morgan fingerprint density at radius 1 is 1.17 bits per heavy atom. The highest BCUT2D eigenvalue weighted by molar-refractivity contribution is 7.89. The van der Waals surface area contributed by atoms with Gasteiger partial charge in [-0.3, -0.25) is 4.79 Å². The SMILES string of the molecule is COc1nn(C)c2nc(C)c(CCC(=O)NCC3CCN(S(=O)(=O)c4ccccc4)CC3)c(C)c12. The van der Waals surface area contributed by atoms with Crippen LogP contribution < -0.4 is 10.1 Å². The third kappa shape index (κ3) is 5.18. The average molecular weight is 500 g/mol. The first-order chi connectivity index (χ1) is 16.7. The number of aryl methyl sites for hydroxylation is 3. The lowest BCUT2D eigenvalue weighted by Gasteiger charge is -2.31. The number of methoxy groups -OCH3 is 1. The molecule has 0 aliphatic carbocycles. The highest BCUT2D eigenvalue weighted by Crippen LogP contribution is 2.30. The van der Waals surface area contributed by atoms with Crippen molar-refractivity contribution in [3.8, 4) is 5.88 Å². The molecule has 1 saturated heterocycles. The van der Waals surface area contributed by atoms with Gasteiger partial charge in [-0.15, -0.1) is 5.10 Å². The molecule has 4 rings (SSSR count). The quantitative estimate of drug-likeness (QED) is 0.511. The molecule has 3 aromatic rings. The molecule has 0 atom stereocenters. The molecule has 9 nitrogen and oxygen atoms in total. The number of carbonyl (C=O) groups excluding carboxylic acids is 1. The Bertz CT molecular complexity index is 1310. The van der Waals surface area contributed by atoms with Crippen LogP contribution in [0.25, 0.3) is 11.0 Å². The number of ether oxygens (including phenoxy) is 1. The molecule has 0 spiro atoms. The van der Waals surface area contributed by atoms with Crippen LogP contribution in [0.3, 0.4) is 0 Å². The van der Waals surface area contributed by atoms with E-state index in [1.165, 1.54) is 0 Å². The minimum atomic E-state index is -3.46. The number of aromatic nitrogens is 3. The normalized spacial score (nSPS) is 15.4. The van der Waals surface area contributed by atoms with E-state index in [4.69, 9.17) is 4.74 Å². The Morgan fingerprint density at radius 3 is 2.51 bits per heavy atom. The Labute approximate surface area is 206 Å². The zero-order valence-corrected chi connectivity index (χ0v) is 21.6. The molecule has 3 heterocycles. The number of piperidine rings is 1. The summed E-state index contributed by atoms with van der Waals surface area (Å²) in [6, 6.07) is 8.53. The third-order valence-electron chi connectivity index (χ3n) is 6.86. The first-order valence-corrected chi connectivity index (χ1v) is 13.3. The van der Waals surface area contributed by atoms with E-state index >= 15 is 0 Å². The lowest BCUT2D eigenvalue weighted by atomic mass is 9.97. The lowest BCUT2D eigenvalue weighted by Crippen LogP contribution is -2.41. The highest BCUT2D eigenvalue weighted by atomic mass is 32.2. The number of amides is 1. The Balaban J connectivity index is 1.30. The van der Waals surface area contributed by atoms with Gasteiger partial charge in [-0.25, -0.2) is 18.1 Å². The van der Waals surface area contributed by atoms with E-state index in [0.29, 0.717) is 43.3 Å². The molecule has 1 aliphatic heterocycles. The zero-order valence-electron chi connectivity index (χ0n) is 20.7. The third-order valence-corrected chi connectivity index (χ3v) is 8.77. The van der Waals surface area contributed by atoms with Gasteiger partial charge in [0.25, 0.3) is 0 Å². The summed E-state index contributed by atoms with van der Waals surface area (Å²) in [6.45, 7) is 5.47. The summed E-state index contributed by atoms with van der Waals surface area (Å²) in [7, 11) is -0.0266. The summed E-state index contributed by atoms with van der Waals surface area (Å²) in [4.78, 5) is 17.6. The van der Waals surface area contributed by atoms with E-state index in [9.17, 15) is 13.2 Å². The van der Waals surface area contributed by atoms with Gasteiger partial charge in [0.15, 0.2) is 5.65 Å². The predicted molar refractivity (Wildman–Crippen MR) is 134 cm³/mol. The van der Waals surface area contributed by atoms with Crippen molar-refractivity contribution < 1.29 is 17.9 Å². The number of sulfonamides is 1. The summed E-state index contributed by atoms with van der Waals surface area (Å²) in [5, 5.41) is 8.30. The van der Waals surface area contributed by atoms with Crippen molar-refractivity contribution >= 4 is 27.0 Å². The van der Waals surface area contributed by atoms with Crippen molar-refractivity contribution in [1.29, 1.82) is 0 Å². The maximum absolute atomic E-state index is 12.8. The van der Waals surface area contributed by atoms with Crippen LogP contribution in [-0.2, 0) is 28.3 Å². The Morgan fingerprint density at radius 2 is 1.86 bits per heavy atom. The van der Waals surface area contributed by atoms with E-state index in [0.717, 1.165) is 40.7 Å².